The molecule has 5 heterocycles. The predicted molar refractivity (Wildman–Crippen MR) is 158 cm³/mol. The quantitative estimate of drug-likeness (QED) is 0.269. The highest BCUT2D eigenvalue weighted by atomic mass is 19.1. The van der Waals surface area contributed by atoms with Crippen molar-refractivity contribution < 1.29 is 18.7 Å². The Balaban J connectivity index is 1.20. The fourth-order valence-corrected chi connectivity index (χ4v) is 6.24. The van der Waals surface area contributed by atoms with Crippen LogP contribution in [0.3, 0.4) is 0 Å². The largest absolute Gasteiger partial charge is 0.469 e. The molecule has 4 aromatic rings. The van der Waals surface area contributed by atoms with Crippen LogP contribution in [0.1, 0.15) is 82.6 Å². The van der Waals surface area contributed by atoms with Gasteiger partial charge in [0.2, 0.25) is 5.88 Å². The van der Waals surface area contributed by atoms with Gasteiger partial charge in [0, 0.05) is 24.7 Å². The SMILES string of the molecule is C#Cc1cnc2cc(-c3nnn(C4CC5(CCN(C(=O)OC(C)(C)C)CC5)C4)c3C)cc(O[C@H](C)c3ccc(F)cn3)n12. The molecule has 43 heavy (non-hydrogen) atoms. The lowest BCUT2D eigenvalue weighted by atomic mass is 9.60. The Kier molecular flexibility index (Phi) is 7.11. The minimum Gasteiger partial charge on any atom is -0.469 e. The first-order valence-corrected chi connectivity index (χ1v) is 14.6. The normalized spacial score (nSPS) is 17.5. The summed E-state index contributed by atoms with van der Waals surface area (Å²) < 4.78 is 29.1. The number of piperidine rings is 1. The minimum absolute atomic E-state index is 0.216. The predicted octanol–water partition coefficient (Wildman–Crippen LogP) is 5.91. The molecule has 0 radical (unpaired) electrons. The molecule has 0 aromatic carbocycles. The number of pyridine rings is 2. The van der Waals surface area contributed by atoms with Crippen molar-refractivity contribution in [2.45, 2.75) is 78.0 Å². The molecule has 1 saturated heterocycles. The van der Waals surface area contributed by atoms with Crippen molar-refractivity contribution in [3.63, 3.8) is 0 Å². The van der Waals surface area contributed by atoms with Gasteiger partial charge in [-0.05, 0) is 83.9 Å². The number of likely N-dealkylation sites (tertiary alicyclic amines) is 1. The van der Waals surface area contributed by atoms with E-state index in [-0.39, 0.29) is 17.6 Å². The molecule has 0 bridgehead atoms. The second kappa shape index (κ2) is 10.7. The molecule has 11 heteroatoms. The van der Waals surface area contributed by atoms with Crippen molar-refractivity contribution in [3.8, 4) is 29.5 Å². The number of nitrogens with zero attached hydrogens (tertiary/aromatic N) is 7. The lowest BCUT2D eigenvalue weighted by Crippen LogP contribution is -2.50. The number of carbonyl (C=O) groups excluding carboxylic acids is 1. The Morgan fingerprint density at radius 1 is 1.16 bits per heavy atom. The molecule has 1 aliphatic carbocycles. The molecular weight excluding hydrogens is 549 g/mol. The highest BCUT2D eigenvalue weighted by molar-refractivity contribution is 5.69. The lowest BCUT2D eigenvalue weighted by Gasteiger charge is -2.52. The first-order chi connectivity index (χ1) is 20.4. The number of ether oxygens (including phenoxy) is 2. The molecule has 1 amide bonds. The Hall–Kier alpha value is -4.46. The standard InChI is InChI=1S/C32H36FN7O3/c1-7-24-19-35-27-14-22(15-28(39(24)27)42-21(3)26-9-8-23(33)18-34-26)29-20(2)40(37-36-29)25-16-32(17-25)10-12-38(13-11-32)30(41)43-31(4,5)6/h1,8-9,14-15,18-19,21,25H,10-13,16-17H2,2-6H3/t21-/m1/s1. The number of hydrogen-bond acceptors (Lipinski definition) is 7. The average Bonchev–Trinajstić information content (AvgIpc) is 3.54. The summed E-state index contributed by atoms with van der Waals surface area (Å²) in [6.45, 7) is 11.0. The molecular formula is C32H36FN7O3. The van der Waals surface area contributed by atoms with Crippen molar-refractivity contribution >= 4 is 11.7 Å². The van der Waals surface area contributed by atoms with Crippen molar-refractivity contribution in [1.29, 1.82) is 0 Å². The second-order valence-corrected chi connectivity index (χ2v) is 12.7. The van der Waals surface area contributed by atoms with Crippen LogP contribution in [0.5, 0.6) is 5.88 Å². The van der Waals surface area contributed by atoms with Crippen LogP contribution in [0.25, 0.3) is 16.9 Å². The van der Waals surface area contributed by atoms with Crippen molar-refractivity contribution in [3.05, 3.63) is 59.6 Å². The van der Waals surface area contributed by atoms with E-state index in [1.165, 1.54) is 12.3 Å². The number of hydrogen-bond donors (Lipinski definition) is 0. The van der Waals surface area contributed by atoms with E-state index in [1.807, 2.05) is 56.3 Å². The molecule has 2 aliphatic rings. The number of rotatable bonds is 5. The van der Waals surface area contributed by atoms with E-state index in [0.29, 0.717) is 36.0 Å². The van der Waals surface area contributed by atoms with Crippen LogP contribution in [0, 0.1) is 30.5 Å². The third-order valence-electron chi connectivity index (χ3n) is 8.55. The van der Waals surface area contributed by atoms with Crippen molar-refractivity contribution in [1.82, 2.24) is 34.3 Å². The summed E-state index contributed by atoms with van der Waals surface area (Å²) in [4.78, 5) is 23.0. The minimum atomic E-state index is -0.493. The highest BCUT2D eigenvalue weighted by Gasteiger charge is 2.48. The molecule has 1 spiro atoms. The Bertz CT molecular complexity index is 1700. The lowest BCUT2D eigenvalue weighted by molar-refractivity contribution is -0.0265. The molecule has 224 valence electrons. The fourth-order valence-electron chi connectivity index (χ4n) is 6.24. The molecule has 10 nitrogen and oxygen atoms in total. The Morgan fingerprint density at radius 3 is 2.56 bits per heavy atom. The summed E-state index contributed by atoms with van der Waals surface area (Å²) in [6.07, 6.45) is 11.8. The highest BCUT2D eigenvalue weighted by Crippen LogP contribution is 2.55. The number of amides is 1. The van der Waals surface area contributed by atoms with Gasteiger partial charge in [-0.25, -0.2) is 18.9 Å². The summed E-state index contributed by atoms with van der Waals surface area (Å²) in [5.41, 5.74) is 3.98. The van der Waals surface area contributed by atoms with Gasteiger partial charge in [0.15, 0.2) is 0 Å². The van der Waals surface area contributed by atoms with Crippen molar-refractivity contribution in [2.24, 2.45) is 5.41 Å². The number of carbonyl (C=O) groups is 1. The van der Waals surface area contributed by atoms with Crippen LogP contribution in [-0.2, 0) is 4.74 Å². The molecule has 0 N–H and O–H groups in total. The molecule has 1 atom stereocenters. The van der Waals surface area contributed by atoms with E-state index in [4.69, 9.17) is 15.9 Å². The summed E-state index contributed by atoms with van der Waals surface area (Å²) in [7, 11) is 0. The van der Waals surface area contributed by atoms with Crippen LogP contribution in [0.4, 0.5) is 9.18 Å². The summed E-state index contributed by atoms with van der Waals surface area (Å²) in [6, 6.07) is 7.00. The van der Waals surface area contributed by atoms with Crippen LogP contribution < -0.4 is 4.74 Å². The molecule has 0 unspecified atom stereocenters. The number of fused-ring (bicyclic) bond motifs is 1. The van der Waals surface area contributed by atoms with Gasteiger partial charge < -0.3 is 14.4 Å². The third kappa shape index (κ3) is 5.54. The van der Waals surface area contributed by atoms with Gasteiger partial charge in [0.05, 0.1) is 29.8 Å². The van der Waals surface area contributed by atoms with E-state index in [2.05, 4.69) is 26.2 Å². The third-order valence-corrected chi connectivity index (χ3v) is 8.55. The van der Waals surface area contributed by atoms with Crippen LogP contribution in [0.2, 0.25) is 0 Å². The maximum absolute atomic E-state index is 13.4. The van der Waals surface area contributed by atoms with E-state index in [1.54, 1.807) is 16.7 Å². The van der Waals surface area contributed by atoms with E-state index < -0.39 is 17.5 Å². The number of halogens is 1. The number of terminal acetylenes is 1. The van der Waals surface area contributed by atoms with Gasteiger partial charge in [-0.1, -0.05) is 11.1 Å². The maximum atomic E-state index is 13.4. The van der Waals surface area contributed by atoms with Gasteiger partial charge in [0.1, 0.15) is 34.6 Å². The zero-order valence-corrected chi connectivity index (χ0v) is 25.2. The van der Waals surface area contributed by atoms with E-state index in [0.717, 1.165) is 42.6 Å². The number of aromatic nitrogens is 6. The van der Waals surface area contributed by atoms with Crippen LogP contribution >= 0.6 is 0 Å². The molecule has 1 aliphatic heterocycles. The first kappa shape index (κ1) is 28.6. The smallest absolute Gasteiger partial charge is 0.410 e. The summed E-state index contributed by atoms with van der Waals surface area (Å²) >= 11 is 0. The van der Waals surface area contributed by atoms with Gasteiger partial charge in [0.25, 0.3) is 0 Å². The zero-order chi connectivity index (χ0) is 30.5. The topological polar surface area (TPSA) is 99.7 Å². The van der Waals surface area contributed by atoms with Gasteiger partial charge in [-0.15, -0.1) is 11.5 Å². The van der Waals surface area contributed by atoms with E-state index in [9.17, 15) is 9.18 Å². The monoisotopic (exact) mass is 585 g/mol. The van der Waals surface area contributed by atoms with Gasteiger partial charge >= 0.3 is 6.09 Å². The Labute approximate surface area is 250 Å². The average molecular weight is 586 g/mol. The first-order valence-electron chi connectivity index (χ1n) is 14.6. The summed E-state index contributed by atoms with van der Waals surface area (Å²) in [5.74, 6) is 2.72. The maximum Gasteiger partial charge on any atom is 0.410 e. The van der Waals surface area contributed by atoms with Crippen LogP contribution in [0.15, 0.2) is 36.7 Å². The molecule has 1 saturated carbocycles. The fraction of sp³-hybridized carbons (Fsp3) is 0.469. The molecule has 4 aromatic heterocycles. The van der Waals surface area contributed by atoms with Crippen LogP contribution in [-0.4, -0.2) is 59.0 Å². The molecule has 2 fully saturated rings. The Morgan fingerprint density at radius 2 is 1.91 bits per heavy atom. The van der Waals surface area contributed by atoms with E-state index >= 15 is 0 Å². The molecule has 6 rings (SSSR count). The van der Waals surface area contributed by atoms with Gasteiger partial charge in [-0.2, -0.15) is 0 Å². The number of imidazole rings is 1. The van der Waals surface area contributed by atoms with Gasteiger partial charge in [-0.3, -0.25) is 9.38 Å². The van der Waals surface area contributed by atoms with Crippen molar-refractivity contribution in [2.75, 3.05) is 13.1 Å². The summed E-state index contributed by atoms with van der Waals surface area (Å²) in [5, 5.41) is 9.13. The zero-order valence-electron chi connectivity index (χ0n) is 25.2. The second-order valence-electron chi connectivity index (χ2n) is 12.7.